The molecule has 1 unspecified atom stereocenters. The van der Waals surface area contributed by atoms with Crippen molar-refractivity contribution in [2.45, 2.75) is 32.2 Å². The number of likely N-dealkylation sites (N-methyl/N-ethyl adjacent to an activating group) is 1. The standard InChI is InChI=1S/C12H20N2O5/c1-4-13(8-9(15)19-3)11(18)14-7-5-6-12(14,2)10(16)17/h4-8H2,1-3H3,(H,16,17). The number of amides is 2. The number of hydrogen-bond donors (Lipinski definition) is 1. The van der Waals surface area contributed by atoms with Crippen LogP contribution in [-0.4, -0.2) is 65.2 Å². The van der Waals surface area contributed by atoms with Gasteiger partial charge in [0.25, 0.3) is 0 Å². The van der Waals surface area contributed by atoms with Crippen LogP contribution in [0.2, 0.25) is 0 Å². The van der Waals surface area contributed by atoms with E-state index in [9.17, 15) is 19.5 Å². The molecule has 0 aromatic heterocycles. The number of carboxylic acids is 1. The maximum Gasteiger partial charge on any atom is 0.329 e. The summed E-state index contributed by atoms with van der Waals surface area (Å²) >= 11 is 0. The van der Waals surface area contributed by atoms with E-state index in [1.807, 2.05) is 0 Å². The molecule has 0 aliphatic carbocycles. The zero-order chi connectivity index (χ0) is 14.6. The van der Waals surface area contributed by atoms with Crippen molar-refractivity contribution in [3.05, 3.63) is 0 Å². The molecular weight excluding hydrogens is 252 g/mol. The van der Waals surface area contributed by atoms with E-state index in [2.05, 4.69) is 4.74 Å². The van der Waals surface area contributed by atoms with Crippen molar-refractivity contribution in [1.29, 1.82) is 0 Å². The monoisotopic (exact) mass is 272 g/mol. The molecule has 1 rings (SSSR count). The molecule has 1 saturated heterocycles. The van der Waals surface area contributed by atoms with Crippen LogP contribution in [0.25, 0.3) is 0 Å². The SMILES string of the molecule is CCN(CC(=O)OC)C(=O)N1CCCC1(C)C(=O)O. The lowest BCUT2D eigenvalue weighted by Gasteiger charge is -2.35. The maximum absolute atomic E-state index is 12.3. The van der Waals surface area contributed by atoms with Crippen molar-refractivity contribution < 1.29 is 24.2 Å². The van der Waals surface area contributed by atoms with Crippen molar-refractivity contribution in [3.8, 4) is 0 Å². The van der Waals surface area contributed by atoms with Gasteiger partial charge in [0.1, 0.15) is 12.1 Å². The number of likely N-dealkylation sites (tertiary alicyclic amines) is 1. The minimum absolute atomic E-state index is 0.169. The van der Waals surface area contributed by atoms with Crippen molar-refractivity contribution in [2.24, 2.45) is 0 Å². The quantitative estimate of drug-likeness (QED) is 0.755. The highest BCUT2D eigenvalue weighted by Crippen LogP contribution is 2.30. The van der Waals surface area contributed by atoms with Crippen molar-refractivity contribution >= 4 is 18.0 Å². The lowest BCUT2D eigenvalue weighted by molar-refractivity contribution is -0.147. The number of ether oxygens (including phenoxy) is 1. The Kier molecular flexibility index (Phi) is 4.74. The Morgan fingerprint density at radius 1 is 1.42 bits per heavy atom. The molecule has 1 heterocycles. The fourth-order valence-corrected chi connectivity index (χ4v) is 2.20. The summed E-state index contributed by atoms with van der Waals surface area (Å²) in [6, 6.07) is -0.435. The van der Waals surface area contributed by atoms with E-state index >= 15 is 0 Å². The molecule has 0 aromatic rings. The Labute approximate surface area is 112 Å². The second-order valence-electron chi connectivity index (χ2n) is 4.71. The molecule has 2 amide bonds. The molecule has 0 spiro atoms. The molecule has 1 N–H and O–H groups in total. The summed E-state index contributed by atoms with van der Waals surface area (Å²) in [6.07, 6.45) is 1.06. The molecule has 0 saturated carbocycles. The van der Waals surface area contributed by atoms with E-state index in [0.717, 1.165) is 0 Å². The molecule has 0 aromatic carbocycles. The largest absolute Gasteiger partial charge is 0.480 e. The van der Waals surface area contributed by atoms with Crippen LogP contribution in [0.3, 0.4) is 0 Å². The maximum atomic E-state index is 12.3. The fourth-order valence-electron chi connectivity index (χ4n) is 2.20. The summed E-state index contributed by atoms with van der Waals surface area (Å²) in [6.45, 7) is 3.80. The Balaban J connectivity index is 2.85. The first-order valence-electron chi connectivity index (χ1n) is 6.23. The Hall–Kier alpha value is -1.79. The van der Waals surface area contributed by atoms with Gasteiger partial charge in [-0.1, -0.05) is 0 Å². The summed E-state index contributed by atoms with van der Waals surface area (Å²) in [4.78, 5) is 37.5. The predicted octanol–water partition coefficient (Wildman–Crippen LogP) is 0.540. The van der Waals surface area contributed by atoms with Gasteiger partial charge in [-0.3, -0.25) is 4.79 Å². The topological polar surface area (TPSA) is 87.2 Å². The molecule has 108 valence electrons. The van der Waals surface area contributed by atoms with Crippen LogP contribution in [0.4, 0.5) is 4.79 Å². The average Bonchev–Trinajstić information content (AvgIpc) is 2.78. The summed E-state index contributed by atoms with van der Waals surface area (Å²) in [5.41, 5.74) is -1.19. The van der Waals surface area contributed by atoms with Gasteiger partial charge in [0, 0.05) is 13.1 Å². The number of carbonyl (C=O) groups is 3. The number of carboxylic acid groups (broad SMARTS) is 1. The highest BCUT2D eigenvalue weighted by atomic mass is 16.5. The van der Waals surface area contributed by atoms with Crippen LogP contribution in [0.5, 0.6) is 0 Å². The summed E-state index contributed by atoms with van der Waals surface area (Å²) < 4.78 is 4.53. The summed E-state index contributed by atoms with van der Waals surface area (Å²) in [5, 5.41) is 9.27. The fraction of sp³-hybridized carbons (Fsp3) is 0.750. The highest BCUT2D eigenvalue weighted by molar-refractivity contribution is 5.88. The number of urea groups is 1. The third kappa shape index (κ3) is 2.97. The first-order valence-corrected chi connectivity index (χ1v) is 6.23. The van der Waals surface area contributed by atoms with Crippen LogP contribution in [0.1, 0.15) is 26.7 Å². The third-order valence-corrected chi connectivity index (χ3v) is 3.53. The van der Waals surface area contributed by atoms with Crippen LogP contribution >= 0.6 is 0 Å². The molecular formula is C12H20N2O5. The number of carbonyl (C=O) groups excluding carboxylic acids is 2. The van der Waals surface area contributed by atoms with E-state index in [4.69, 9.17) is 0 Å². The second kappa shape index (κ2) is 5.90. The number of aliphatic carboxylic acids is 1. The molecule has 1 aliphatic heterocycles. The average molecular weight is 272 g/mol. The molecule has 0 radical (unpaired) electrons. The van der Waals surface area contributed by atoms with Crippen molar-refractivity contribution in [2.75, 3.05) is 26.7 Å². The van der Waals surface area contributed by atoms with Gasteiger partial charge in [0.05, 0.1) is 7.11 Å². The van der Waals surface area contributed by atoms with Crippen molar-refractivity contribution in [1.82, 2.24) is 9.80 Å². The minimum Gasteiger partial charge on any atom is -0.480 e. The van der Waals surface area contributed by atoms with Crippen molar-refractivity contribution in [3.63, 3.8) is 0 Å². The molecule has 1 atom stereocenters. The first kappa shape index (κ1) is 15.3. The zero-order valence-corrected chi connectivity index (χ0v) is 11.5. The van der Waals surface area contributed by atoms with Gasteiger partial charge >= 0.3 is 18.0 Å². The highest BCUT2D eigenvalue weighted by Gasteiger charge is 2.47. The van der Waals surface area contributed by atoms with Gasteiger partial charge in [-0.2, -0.15) is 0 Å². The van der Waals surface area contributed by atoms with E-state index < -0.39 is 23.5 Å². The Morgan fingerprint density at radius 3 is 2.53 bits per heavy atom. The van der Waals surface area contributed by atoms with Gasteiger partial charge in [0.2, 0.25) is 0 Å². The van der Waals surface area contributed by atoms with E-state index in [1.54, 1.807) is 6.92 Å². The van der Waals surface area contributed by atoms with Gasteiger partial charge in [0.15, 0.2) is 0 Å². The minimum atomic E-state index is -1.19. The van der Waals surface area contributed by atoms with E-state index in [0.29, 0.717) is 25.9 Å². The number of rotatable bonds is 4. The normalized spacial score (nSPS) is 22.2. The lowest BCUT2D eigenvalue weighted by Crippen LogP contribution is -2.55. The predicted molar refractivity (Wildman–Crippen MR) is 66.6 cm³/mol. The smallest absolute Gasteiger partial charge is 0.329 e. The van der Waals surface area contributed by atoms with Gasteiger partial charge < -0.3 is 19.6 Å². The van der Waals surface area contributed by atoms with Crippen LogP contribution in [0.15, 0.2) is 0 Å². The molecule has 19 heavy (non-hydrogen) atoms. The van der Waals surface area contributed by atoms with Gasteiger partial charge in [-0.05, 0) is 26.7 Å². The summed E-state index contributed by atoms with van der Waals surface area (Å²) in [5.74, 6) is -1.54. The molecule has 0 bridgehead atoms. The number of esters is 1. The van der Waals surface area contributed by atoms with Gasteiger partial charge in [-0.15, -0.1) is 0 Å². The van der Waals surface area contributed by atoms with Crippen LogP contribution in [0, 0.1) is 0 Å². The van der Waals surface area contributed by atoms with Gasteiger partial charge in [-0.25, -0.2) is 9.59 Å². The summed E-state index contributed by atoms with van der Waals surface area (Å²) in [7, 11) is 1.25. The number of methoxy groups -OCH3 is 1. The third-order valence-electron chi connectivity index (χ3n) is 3.53. The second-order valence-corrected chi connectivity index (χ2v) is 4.71. The number of hydrogen-bond acceptors (Lipinski definition) is 4. The molecule has 1 fully saturated rings. The first-order chi connectivity index (χ1) is 8.86. The van der Waals surface area contributed by atoms with Crippen LogP contribution < -0.4 is 0 Å². The zero-order valence-electron chi connectivity index (χ0n) is 11.5. The molecule has 1 aliphatic rings. The molecule has 7 heteroatoms. The number of nitrogens with zero attached hydrogens (tertiary/aromatic N) is 2. The Bertz CT molecular complexity index is 384. The molecule has 7 nitrogen and oxygen atoms in total. The van der Waals surface area contributed by atoms with E-state index in [1.165, 1.54) is 23.8 Å². The van der Waals surface area contributed by atoms with E-state index in [-0.39, 0.29) is 6.54 Å². The Morgan fingerprint density at radius 2 is 2.05 bits per heavy atom. The lowest BCUT2D eigenvalue weighted by atomic mass is 10.00. The van der Waals surface area contributed by atoms with Crippen LogP contribution in [-0.2, 0) is 14.3 Å².